The zero-order valence-corrected chi connectivity index (χ0v) is 23.9. The fourth-order valence-corrected chi connectivity index (χ4v) is 4.05. The summed E-state index contributed by atoms with van der Waals surface area (Å²) >= 11 is 0. The molecule has 3 aromatic heterocycles. The molecule has 0 saturated carbocycles. The lowest BCUT2D eigenvalue weighted by Gasteiger charge is -2.19. The molecule has 2 N–H and O–H groups in total. The first kappa shape index (κ1) is 30.1. The number of anilines is 1. The molecule has 0 aliphatic rings. The average molecular weight is 551 g/mol. The Labute approximate surface area is 233 Å². The molecule has 3 rings (SSSR count). The van der Waals surface area contributed by atoms with E-state index in [-0.39, 0.29) is 24.6 Å². The van der Waals surface area contributed by atoms with Crippen molar-refractivity contribution in [1.82, 2.24) is 24.3 Å². The second kappa shape index (κ2) is 13.6. The van der Waals surface area contributed by atoms with Gasteiger partial charge in [0.1, 0.15) is 5.69 Å². The smallest absolute Gasteiger partial charge is 0.410 e. The molecule has 0 aliphatic carbocycles. The van der Waals surface area contributed by atoms with Crippen LogP contribution in [0.1, 0.15) is 37.9 Å². The number of nitrogens with one attached hydrogen (secondary N) is 2. The maximum atomic E-state index is 13.2. The Balaban J connectivity index is 1.77. The zero-order valence-electron chi connectivity index (χ0n) is 23.9. The van der Waals surface area contributed by atoms with Gasteiger partial charge in [-0.15, -0.1) is 0 Å². The minimum atomic E-state index is -1.16. The summed E-state index contributed by atoms with van der Waals surface area (Å²) in [5.74, 6) is -0.356. The van der Waals surface area contributed by atoms with Gasteiger partial charge in [0.05, 0.1) is 12.1 Å². The molecule has 3 heterocycles. The van der Waals surface area contributed by atoms with E-state index in [0.29, 0.717) is 12.3 Å². The molecule has 3 amide bonds. The molecule has 1 unspecified atom stereocenters. The van der Waals surface area contributed by atoms with E-state index in [9.17, 15) is 19.2 Å². The van der Waals surface area contributed by atoms with Crippen LogP contribution in [0, 0.1) is 5.92 Å². The van der Waals surface area contributed by atoms with E-state index in [2.05, 4.69) is 29.1 Å². The van der Waals surface area contributed by atoms with Crippen LogP contribution in [0.25, 0.3) is 10.9 Å². The fourth-order valence-electron chi connectivity index (χ4n) is 4.05. The Bertz CT molecular complexity index is 1440. The monoisotopic (exact) mass is 550 g/mol. The van der Waals surface area contributed by atoms with Crippen molar-refractivity contribution in [3.05, 3.63) is 70.6 Å². The van der Waals surface area contributed by atoms with Gasteiger partial charge in [0.15, 0.2) is 6.10 Å². The molecule has 214 valence electrons. The van der Waals surface area contributed by atoms with Gasteiger partial charge in [-0.25, -0.2) is 4.79 Å². The van der Waals surface area contributed by atoms with Gasteiger partial charge in [0.25, 0.3) is 11.5 Å². The standard InChI is InChI=1S/C29H38N6O5/c1-19(2)14-20-16-30-17-21-15-22(31-26(20)21)18-35-13-9-10-23(28(35)38)32-27(37)24(40-29(39)34(5)6)11-7-8-12-25(36)33(3)4/h8-10,12-13,15-17,19,24,31H,7,11,14,18H2,1-6H3,(H,32,37)/b12-8+. The normalized spacial score (nSPS) is 12.1. The number of nitrogens with zero attached hydrogens (tertiary/aromatic N) is 4. The van der Waals surface area contributed by atoms with Gasteiger partial charge in [0.2, 0.25) is 5.91 Å². The van der Waals surface area contributed by atoms with Crippen LogP contribution in [0.3, 0.4) is 0 Å². The van der Waals surface area contributed by atoms with Crippen molar-refractivity contribution in [3.8, 4) is 0 Å². The molecule has 11 nitrogen and oxygen atoms in total. The second-order valence-electron chi connectivity index (χ2n) is 10.5. The summed E-state index contributed by atoms with van der Waals surface area (Å²) in [5.41, 5.74) is 2.61. The van der Waals surface area contributed by atoms with Crippen LogP contribution < -0.4 is 10.9 Å². The average Bonchev–Trinajstić information content (AvgIpc) is 3.31. The number of allylic oxidation sites excluding steroid dienone is 1. The third kappa shape index (κ3) is 8.05. The molecule has 0 fully saturated rings. The summed E-state index contributed by atoms with van der Waals surface area (Å²) in [6.07, 6.45) is 7.78. The van der Waals surface area contributed by atoms with Crippen molar-refractivity contribution in [3.63, 3.8) is 0 Å². The van der Waals surface area contributed by atoms with Crippen molar-refractivity contribution < 1.29 is 19.1 Å². The molecule has 0 spiro atoms. The minimum Gasteiger partial charge on any atom is -0.436 e. The number of hydrogen-bond acceptors (Lipinski definition) is 6. The first-order valence-corrected chi connectivity index (χ1v) is 13.2. The summed E-state index contributed by atoms with van der Waals surface area (Å²) in [6.45, 7) is 4.57. The third-order valence-electron chi connectivity index (χ3n) is 6.11. The molecule has 11 heteroatoms. The number of ether oxygens (including phenoxy) is 1. The maximum Gasteiger partial charge on any atom is 0.410 e. The highest BCUT2D eigenvalue weighted by Crippen LogP contribution is 2.21. The number of fused-ring (bicyclic) bond motifs is 1. The summed E-state index contributed by atoms with van der Waals surface area (Å²) in [4.78, 5) is 60.7. The van der Waals surface area contributed by atoms with E-state index in [0.717, 1.165) is 28.6 Å². The van der Waals surface area contributed by atoms with Crippen molar-refractivity contribution in [2.24, 2.45) is 5.92 Å². The number of rotatable bonds is 11. The van der Waals surface area contributed by atoms with Gasteiger partial charge in [-0.3, -0.25) is 19.4 Å². The van der Waals surface area contributed by atoms with Gasteiger partial charge in [-0.05, 0) is 55.0 Å². The summed E-state index contributed by atoms with van der Waals surface area (Å²) in [5, 5.41) is 3.59. The number of carbonyl (C=O) groups excluding carboxylic acids is 3. The lowest BCUT2D eigenvalue weighted by Crippen LogP contribution is -2.37. The fraction of sp³-hybridized carbons (Fsp3) is 0.414. The van der Waals surface area contributed by atoms with Crippen LogP contribution >= 0.6 is 0 Å². The SMILES string of the molecule is CC(C)Cc1cncc2cc(Cn3cccc(NC(=O)C(CC/C=C/C(=O)N(C)C)OC(=O)N(C)C)c3=O)[nH]c12. The molecule has 0 aliphatic heterocycles. The van der Waals surface area contributed by atoms with Crippen LogP contribution in [-0.2, 0) is 27.3 Å². The highest BCUT2D eigenvalue weighted by molar-refractivity contribution is 5.95. The number of aromatic amines is 1. The molecule has 3 aromatic rings. The van der Waals surface area contributed by atoms with Gasteiger partial charge in [0, 0.05) is 57.9 Å². The van der Waals surface area contributed by atoms with Gasteiger partial charge in [-0.1, -0.05) is 19.9 Å². The Morgan fingerprint density at radius 3 is 2.58 bits per heavy atom. The van der Waals surface area contributed by atoms with E-state index in [1.807, 2.05) is 12.3 Å². The topological polar surface area (TPSA) is 130 Å². The Hall–Kier alpha value is -4.41. The number of pyridine rings is 2. The zero-order chi connectivity index (χ0) is 29.4. The number of hydrogen-bond donors (Lipinski definition) is 2. The minimum absolute atomic E-state index is 0.0648. The van der Waals surface area contributed by atoms with E-state index < -0.39 is 23.7 Å². The quantitative estimate of drug-likeness (QED) is 0.352. The Morgan fingerprint density at radius 1 is 1.15 bits per heavy atom. The van der Waals surface area contributed by atoms with Crippen molar-refractivity contribution in [1.29, 1.82) is 0 Å². The van der Waals surface area contributed by atoms with Crippen molar-refractivity contribution >= 4 is 34.5 Å². The lowest BCUT2D eigenvalue weighted by atomic mass is 10.0. The number of H-pyrrole nitrogens is 1. The second-order valence-corrected chi connectivity index (χ2v) is 10.5. The Morgan fingerprint density at radius 2 is 1.90 bits per heavy atom. The maximum absolute atomic E-state index is 13.2. The van der Waals surface area contributed by atoms with Crippen LogP contribution in [-0.4, -0.2) is 76.5 Å². The number of carbonyl (C=O) groups is 3. The molecule has 0 aromatic carbocycles. The first-order valence-electron chi connectivity index (χ1n) is 13.2. The number of aromatic nitrogens is 3. The van der Waals surface area contributed by atoms with Crippen LogP contribution in [0.5, 0.6) is 0 Å². The highest BCUT2D eigenvalue weighted by Gasteiger charge is 2.24. The number of likely N-dealkylation sites (N-methyl/N-ethyl adjacent to an activating group) is 1. The largest absolute Gasteiger partial charge is 0.436 e. The molecular formula is C29H38N6O5. The molecule has 40 heavy (non-hydrogen) atoms. The van der Waals surface area contributed by atoms with Gasteiger partial charge >= 0.3 is 6.09 Å². The predicted octanol–water partition coefficient (Wildman–Crippen LogP) is 3.40. The van der Waals surface area contributed by atoms with E-state index in [1.54, 1.807) is 38.6 Å². The van der Waals surface area contributed by atoms with E-state index in [4.69, 9.17) is 4.74 Å². The van der Waals surface area contributed by atoms with Crippen molar-refractivity contribution in [2.45, 2.75) is 45.8 Å². The molecule has 0 radical (unpaired) electrons. The van der Waals surface area contributed by atoms with Gasteiger partial charge in [-0.2, -0.15) is 0 Å². The van der Waals surface area contributed by atoms with E-state index in [1.165, 1.54) is 40.6 Å². The summed E-state index contributed by atoms with van der Waals surface area (Å²) in [7, 11) is 6.28. The molecule has 1 atom stereocenters. The predicted molar refractivity (Wildman–Crippen MR) is 154 cm³/mol. The van der Waals surface area contributed by atoms with E-state index >= 15 is 0 Å². The third-order valence-corrected chi connectivity index (χ3v) is 6.11. The van der Waals surface area contributed by atoms with Crippen LogP contribution in [0.4, 0.5) is 10.5 Å². The molecule has 0 saturated heterocycles. The van der Waals surface area contributed by atoms with Gasteiger partial charge < -0.3 is 29.4 Å². The summed E-state index contributed by atoms with van der Waals surface area (Å²) in [6, 6.07) is 5.14. The van der Waals surface area contributed by atoms with Crippen LogP contribution in [0.15, 0.2) is 53.7 Å². The molecular weight excluding hydrogens is 512 g/mol. The summed E-state index contributed by atoms with van der Waals surface area (Å²) < 4.78 is 6.86. The van der Waals surface area contributed by atoms with Crippen molar-refractivity contribution in [2.75, 3.05) is 33.5 Å². The number of amides is 3. The highest BCUT2D eigenvalue weighted by atomic mass is 16.6. The first-order chi connectivity index (χ1) is 19.0. The van der Waals surface area contributed by atoms with Crippen LogP contribution in [0.2, 0.25) is 0 Å². The molecule has 0 bridgehead atoms. The Kier molecular flexibility index (Phi) is 10.2. The lowest BCUT2D eigenvalue weighted by molar-refractivity contribution is -0.125.